The summed E-state index contributed by atoms with van der Waals surface area (Å²) in [5.74, 6) is 0.726. The molecule has 3 aromatic rings. The first-order valence-corrected chi connectivity index (χ1v) is 10.4. The molecule has 5 rings (SSSR count). The normalized spacial score (nSPS) is 20.4. The van der Waals surface area contributed by atoms with Gasteiger partial charge in [0.25, 0.3) is 11.5 Å². The zero-order chi connectivity index (χ0) is 22.5. The second-order valence-electron chi connectivity index (χ2n) is 8.18. The minimum atomic E-state index is -1.27. The van der Waals surface area contributed by atoms with Gasteiger partial charge in [0.1, 0.15) is 11.2 Å². The summed E-state index contributed by atoms with van der Waals surface area (Å²) in [6.07, 6.45) is 2.46. The van der Waals surface area contributed by atoms with Crippen molar-refractivity contribution in [3.05, 3.63) is 69.8 Å². The van der Waals surface area contributed by atoms with Crippen LogP contribution in [0.25, 0.3) is 5.65 Å². The van der Waals surface area contributed by atoms with Crippen LogP contribution in [0, 0.1) is 6.92 Å². The van der Waals surface area contributed by atoms with Gasteiger partial charge in [0.15, 0.2) is 11.5 Å². The largest absolute Gasteiger partial charge is 0.490 e. The molecule has 164 valence electrons. The van der Waals surface area contributed by atoms with E-state index >= 15 is 0 Å². The highest BCUT2D eigenvalue weighted by Gasteiger charge is 2.49. The molecule has 32 heavy (non-hydrogen) atoms. The standard InChI is InChI=1S/C23H22N4O5/c1-14-4-7-19-24-16(11-20(28)26(19)12-14)13-27-21(29)23(2,25-22(27)30)15-5-6-17-18(10-15)32-9-3-8-31-17/h4-7,10-12H,3,8-9,13H2,1-2H3,(H,25,30). The van der Waals surface area contributed by atoms with Crippen molar-refractivity contribution in [1.82, 2.24) is 19.6 Å². The lowest BCUT2D eigenvalue weighted by molar-refractivity contribution is -0.131. The fourth-order valence-corrected chi connectivity index (χ4v) is 4.01. The number of rotatable bonds is 3. The van der Waals surface area contributed by atoms with Gasteiger partial charge < -0.3 is 14.8 Å². The van der Waals surface area contributed by atoms with E-state index < -0.39 is 17.5 Å². The zero-order valence-electron chi connectivity index (χ0n) is 17.8. The number of hydrogen-bond acceptors (Lipinski definition) is 6. The molecule has 1 fully saturated rings. The lowest BCUT2D eigenvalue weighted by atomic mass is 9.91. The SMILES string of the molecule is Cc1ccc2nc(CN3C(=O)NC(C)(c4ccc5c(c4)OCCCO5)C3=O)cc(=O)n2c1. The molecule has 0 radical (unpaired) electrons. The number of carbonyl (C=O) groups excluding carboxylic acids is 2. The van der Waals surface area contributed by atoms with Crippen LogP contribution >= 0.6 is 0 Å². The minimum Gasteiger partial charge on any atom is -0.490 e. The van der Waals surface area contributed by atoms with E-state index in [0.29, 0.717) is 41.6 Å². The summed E-state index contributed by atoms with van der Waals surface area (Å²) >= 11 is 0. The van der Waals surface area contributed by atoms with Crippen LogP contribution in [0.3, 0.4) is 0 Å². The summed E-state index contributed by atoms with van der Waals surface area (Å²) in [5.41, 5.74) is 0.761. The van der Waals surface area contributed by atoms with E-state index in [1.807, 2.05) is 13.0 Å². The number of imide groups is 1. The van der Waals surface area contributed by atoms with Crippen molar-refractivity contribution in [2.24, 2.45) is 0 Å². The van der Waals surface area contributed by atoms with Crippen molar-refractivity contribution in [2.75, 3.05) is 13.2 Å². The van der Waals surface area contributed by atoms with Gasteiger partial charge in [0.2, 0.25) is 0 Å². The number of fused-ring (bicyclic) bond motifs is 2. The van der Waals surface area contributed by atoms with Crippen molar-refractivity contribution in [3.8, 4) is 11.5 Å². The average molecular weight is 434 g/mol. The van der Waals surface area contributed by atoms with E-state index in [4.69, 9.17) is 9.47 Å². The van der Waals surface area contributed by atoms with Gasteiger partial charge in [-0.05, 0) is 43.2 Å². The maximum atomic E-state index is 13.3. The quantitative estimate of drug-likeness (QED) is 0.634. The molecule has 9 nitrogen and oxygen atoms in total. The van der Waals surface area contributed by atoms with E-state index in [0.717, 1.165) is 16.9 Å². The number of carbonyl (C=O) groups is 2. The number of hydrogen-bond donors (Lipinski definition) is 1. The van der Waals surface area contributed by atoms with Crippen LogP contribution < -0.4 is 20.3 Å². The second kappa shape index (κ2) is 7.37. The summed E-state index contributed by atoms with van der Waals surface area (Å²) in [6, 6.07) is 9.60. The van der Waals surface area contributed by atoms with Gasteiger partial charge in [-0.1, -0.05) is 12.1 Å². The maximum absolute atomic E-state index is 13.3. The molecular formula is C23H22N4O5. The molecule has 1 N–H and O–H groups in total. The number of aromatic nitrogens is 2. The van der Waals surface area contributed by atoms with Crippen molar-refractivity contribution in [3.63, 3.8) is 0 Å². The highest BCUT2D eigenvalue weighted by atomic mass is 16.5. The number of pyridine rings is 1. The van der Waals surface area contributed by atoms with Gasteiger partial charge in [0.05, 0.1) is 25.5 Å². The third-order valence-corrected chi connectivity index (χ3v) is 5.78. The molecule has 2 aliphatic heterocycles. The Morgan fingerprint density at radius 3 is 2.66 bits per heavy atom. The van der Waals surface area contributed by atoms with Crippen LogP contribution in [0.1, 0.15) is 30.2 Å². The fourth-order valence-electron chi connectivity index (χ4n) is 4.01. The first-order chi connectivity index (χ1) is 15.3. The highest BCUT2D eigenvalue weighted by Crippen LogP contribution is 2.36. The Balaban J connectivity index is 1.45. The molecule has 4 heterocycles. The number of aryl methyl sites for hydroxylation is 1. The third-order valence-electron chi connectivity index (χ3n) is 5.78. The predicted octanol–water partition coefficient (Wildman–Crippen LogP) is 2.13. The molecule has 0 bridgehead atoms. The van der Waals surface area contributed by atoms with Gasteiger partial charge >= 0.3 is 6.03 Å². The van der Waals surface area contributed by atoms with Gasteiger partial charge in [-0.15, -0.1) is 0 Å². The summed E-state index contributed by atoms with van der Waals surface area (Å²) in [7, 11) is 0. The molecule has 1 aromatic carbocycles. The molecule has 1 atom stereocenters. The average Bonchev–Trinajstić information content (AvgIpc) is 2.93. The second-order valence-corrected chi connectivity index (χ2v) is 8.18. The molecular weight excluding hydrogens is 412 g/mol. The van der Waals surface area contributed by atoms with Gasteiger partial charge in [-0.3, -0.25) is 18.9 Å². The van der Waals surface area contributed by atoms with Gasteiger partial charge in [0, 0.05) is 18.7 Å². The number of benzene rings is 1. The molecule has 2 aliphatic rings. The summed E-state index contributed by atoms with van der Waals surface area (Å²) in [5, 5.41) is 2.78. The smallest absolute Gasteiger partial charge is 0.325 e. The van der Waals surface area contributed by atoms with Crippen LogP contribution in [-0.2, 0) is 16.9 Å². The Bertz CT molecular complexity index is 1320. The molecule has 0 spiro atoms. The highest BCUT2D eigenvalue weighted by molar-refractivity contribution is 6.07. The molecule has 0 saturated carbocycles. The summed E-state index contributed by atoms with van der Waals surface area (Å²) < 4.78 is 12.8. The monoisotopic (exact) mass is 434 g/mol. The minimum absolute atomic E-state index is 0.107. The Morgan fingerprint density at radius 2 is 1.84 bits per heavy atom. The number of nitrogens with zero attached hydrogens (tertiary/aromatic N) is 3. The zero-order valence-corrected chi connectivity index (χ0v) is 17.8. The predicted molar refractivity (Wildman–Crippen MR) is 115 cm³/mol. The molecule has 1 unspecified atom stereocenters. The van der Waals surface area contributed by atoms with E-state index in [9.17, 15) is 14.4 Å². The summed E-state index contributed by atoms with van der Waals surface area (Å²) in [6.45, 7) is 4.50. The van der Waals surface area contributed by atoms with Crippen molar-refractivity contribution < 1.29 is 19.1 Å². The van der Waals surface area contributed by atoms with E-state index in [1.54, 1.807) is 37.4 Å². The van der Waals surface area contributed by atoms with Gasteiger partial charge in [-0.25, -0.2) is 9.78 Å². The Morgan fingerprint density at radius 1 is 1.06 bits per heavy atom. The fraction of sp³-hybridized carbons (Fsp3) is 0.304. The Labute approximate surface area is 183 Å². The lowest BCUT2D eigenvalue weighted by Crippen LogP contribution is -2.40. The van der Waals surface area contributed by atoms with Crippen LogP contribution in [0.15, 0.2) is 47.4 Å². The van der Waals surface area contributed by atoms with Crippen LogP contribution in [0.5, 0.6) is 11.5 Å². The van der Waals surface area contributed by atoms with Crippen LogP contribution in [0.4, 0.5) is 4.79 Å². The Kier molecular flexibility index (Phi) is 4.61. The van der Waals surface area contributed by atoms with Gasteiger partial charge in [-0.2, -0.15) is 0 Å². The maximum Gasteiger partial charge on any atom is 0.325 e. The van der Waals surface area contributed by atoms with E-state index in [2.05, 4.69) is 10.3 Å². The topological polar surface area (TPSA) is 102 Å². The third kappa shape index (κ3) is 3.26. The van der Waals surface area contributed by atoms with E-state index in [-0.39, 0.29) is 12.1 Å². The Hall–Kier alpha value is -3.88. The van der Waals surface area contributed by atoms with Crippen molar-refractivity contribution >= 4 is 17.6 Å². The first-order valence-electron chi connectivity index (χ1n) is 10.4. The molecule has 3 amide bonds. The van der Waals surface area contributed by atoms with Crippen molar-refractivity contribution in [1.29, 1.82) is 0 Å². The van der Waals surface area contributed by atoms with Crippen molar-refractivity contribution in [2.45, 2.75) is 32.4 Å². The molecule has 2 aromatic heterocycles. The summed E-state index contributed by atoms with van der Waals surface area (Å²) in [4.78, 5) is 44.1. The van der Waals surface area contributed by atoms with Crippen LogP contribution in [-0.4, -0.2) is 39.4 Å². The lowest BCUT2D eigenvalue weighted by Gasteiger charge is -2.23. The number of nitrogens with one attached hydrogen (secondary N) is 1. The van der Waals surface area contributed by atoms with Crippen LogP contribution in [0.2, 0.25) is 0 Å². The molecule has 0 aliphatic carbocycles. The van der Waals surface area contributed by atoms with E-state index in [1.165, 1.54) is 10.5 Å². The first kappa shape index (κ1) is 20.0. The molecule has 1 saturated heterocycles. The number of ether oxygens (including phenoxy) is 2. The number of urea groups is 1. The molecule has 9 heteroatoms. The number of amides is 3.